The summed E-state index contributed by atoms with van der Waals surface area (Å²) in [5.74, 6) is 4.73. The molecule has 35 heavy (non-hydrogen) atoms. The number of hydrogen-bond donors (Lipinski definition) is 3. The van der Waals surface area contributed by atoms with Crippen molar-refractivity contribution in [3.63, 3.8) is 0 Å². The fourth-order valence-corrected chi connectivity index (χ4v) is 6.66. The van der Waals surface area contributed by atoms with E-state index in [-0.39, 0.29) is 4.75 Å². The van der Waals surface area contributed by atoms with Crippen molar-refractivity contribution in [1.82, 2.24) is 0 Å². The third-order valence-electron chi connectivity index (χ3n) is 7.76. The van der Waals surface area contributed by atoms with Gasteiger partial charge in [0, 0.05) is 4.75 Å². The van der Waals surface area contributed by atoms with E-state index in [1.54, 1.807) is 0 Å². The summed E-state index contributed by atoms with van der Waals surface area (Å²) in [6.07, 6.45) is 31.1. The molecule has 3 unspecified atom stereocenters. The van der Waals surface area contributed by atoms with Gasteiger partial charge in [0.15, 0.2) is 0 Å². The smallest absolute Gasteiger partial charge is 0.00757 e. The van der Waals surface area contributed by atoms with E-state index in [9.17, 15) is 0 Å². The monoisotopic (exact) mass is 546 g/mol. The second-order valence-corrected chi connectivity index (χ2v) is 14.7. The third kappa shape index (κ3) is 27.9. The summed E-state index contributed by atoms with van der Waals surface area (Å²) in [7, 11) is 0. The summed E-state index contributed by atoms with van der Waals surface area (Å²) in [5.41, 5.74) is 0. The van der Waals surface area contributed by atoms with Gasteiger partial charge in [0.05, 0.1) is 0 Å². The van der Waals surface area contributed by atoms with Gasteiger partial charge in [-0.3, -0.25) is 0 Å². The van der Waals surface area contributed by atoms with Gasteiger partial charge in [-0.05, 0) is 54.9 Å². The number of thiol groups is 3. The normalized spacial score (nSPS) is 14.8. The summed E-state index contributed by atoms with van der Waals surface area (Å²) >= 11 is 13.4. The number of rotatable bonds is 27. The zero-order valence-corrected chi connectivity index (χ0v) is 27.2. The van der Waals surface area contributed by atoms with Gasteiger partial charge >= 0.3 is 0 Å². The molecule has 0 heterocycles. The third-order valence-corrected chi connectivity index (χ3v) is 8.58. The summed E-state index contributed by atoms with van der Waals surface area (Å²) < 4.78 is 0.167. The van der Waals surface area contributed by atoms with Crippen LogP contribution in [0.3, 0.4) is 0 Å². The molecule has 0 nitrogen and oxygen atoms in total. The summed E-state index contributed by atoms with van der Waals surface area (Å²) in [6.45, 7) is 9.45. The standard InChI is InChI=1S/C32H66S3/c1-29(27-30(2)28-32(3,4)35)23-24-31(22-18-14-10-12-16-20-26-34)21-17-13-9-7-5-6-8-11-15-19-25-33/h29-31,33-35H,5-28H2,1-4H3. The zero-order valence-electron chi connectivity index (χ0n) is 24.5. The molecule has 3 heteroatoms. The molecule has 0 bridgehead atoms. The van der Waals surface area contributed by atoms with E-state index in [1.165, 1.54) is 141 Å². The van der Waals surface area contributed by atoms with Gasteiger partial charge in [0.1, 0.15) is 0 Å². The lowest BCUT2D eigenvalue weighted by Gasteiger charge is -2.25. The highest BCUT2D eigenvalue weighted by molar-refractivity contribution is 7.81. The highest BCUT2D eigenvalue weighted by Gasteiger charge is 2.19. The molecule has 0 spiro atoms. The van der Waals surface area contributed by atoms with Gasteiger partial charge in [-0.15, -0.1) is 0 Å². The maximum atomic E-state index is 4.76. The minimum atomic E-state index is 0.167. The Hall–Kier alpha value is 1.05. The van der Waals surface area contributed by atoms with Crippen LogP contribution in [-0.2, 0) is 0 Å². The van der Waals surface area contributed by atoms with Gasteiger partial charge in [-0.1, -0.05) is 143 Å². The molecule has 0 aromatic heterocycles. The van der Waals surface area contributed by atoms with E-state index in [4.69, 9.17) is 12.6 Å². The van der Waals surface area contributed by atoms with Gasteiger partial charge in [0.2, 0.25) is 0 Å². The van der Waals surface area contributed by atoms with Crippen LogP contribution in [0.15, 0.2) is 0 Å². The Labute approximate surface area is 240 Å². The lowest BCUT2D eigenvalue weighted by molar-refractivity contribution is 0.307. The zero-order chi connectivity index (χ0) is 26.2. The van der Waals surface area contributed by atoms with E-state index in [2.05, 4.69) is 53.0 Å². The lowest BCUT2D eigenvalue weighted by atomic mass is 9.84. The maximum Gasteiger partial charge on any atom is 0.00757 e. The summed E-state index contributed by atoms with van der Waals surface area (Å²) in [6, 6.07) is 0. The molecule has 0 rings (SSSR count). The van der Waals surface area contributed by atoms with Crippen LogP contribution in [0.1, 0.15) is 169 Å². The summed E-state index contributed by atoms with van der Waals surface area (Å²) in [4.78, 5) is 0. The first kappa shape index (κ1) is 36.0. The van der Waals surface area contributed by atoms with E-state index in [0.717, 1.165) is 29.3 Å². The minimum absolute atomic E-state index is 0.167. The Morgan fingerprint density at radius 2 is 0.857 bits per heavy atom. The Morgan fingerprint density at radius 1 is 0.486 bits per heavy atom. The molecule has 0 saturated heterocycles. The molecule has 0 saturated carbocycles. The first-order valence-corrected chi connectivity index (χ1v) is 17.4. The van der Waals surface area contributed by atoms with Crippen LogP contribution in [0.25, 0.3) is 0 Å². The van der Waals surface area contributed by atoms with Gasteiger partial charge in [0.25, 0.3) is 0 Å². The Bertz CT molecular complexity index is 418. The second-order valence-electron chi connectivity index (χ2n) is 12.6. The number of unbranched alkanes of at least 4 members (excludes halogenated alkanes) is 14. The first-order valence-electron chi connectivity index (χ1n) is 15.7. The molecule has 0 amide bonds. The molecule has 0 aliphatic heterocycles. The fraction of sp³-hybridized carbons (Fsp3) is 1.00. The first-order chi connectivity index (χ1) is 16.8. The van der Waals surface area contributed by atoms with Crippen LogP contribution >= 0.6 is 37.9 Å². The second kappa shape index (κ2) is 25.3. The van der Waals surface area contributed by atoms with Crippen molar-refractivity contribution >= 4 is 37.9 Å². The van der Waals surface area contributed by atoms with Gasteiger partial charge in [-0.2, -0.15) is 37.9 Å². The van der Waals surface area contributed by atoms with Crippen LogP contribution in [0.2, 0.25) is 0 Å². The molecule has 0 aliphatic carbocycles. The lowest BCUT2D eigenvalue weighted by Crippen LogP contribution is -2.17. The van der Waals surface area contributed by atoms with Crippen molar-refractivity contribution in [2.24, 2.45) is 17.8 Å². The van der Waals surface area contributed by atoms with Gasteiger partial charge in [-0.25, -0.2) is 0 Å². The van der Waals surface area contributed by atoms with E-state index in [1.807, 2.05) is 0 Å². The average molecular weight is 547 g/mol. The highest BCUT2D eigenvalue weighted by Crippen LogP contribution is 2.30. The average Bonchev–Trinajstić information content (AvgIpc) is 2.78. The minimum Gasteiger partial charge on any atom is -0.179 e. The molecule has 0 radical (unpaired) electrons. The van der Waals surface area contributed by atoms with Crippen molar-refractivity contribution in [3.8, 4) is 0 Å². The largest absolute Gasteiger partial charge is 0.179 e. The molecule has 3 atom stereocenters. The van der Waals surface area contributed by atoms with Crippen molar-refractivity contribution in [3.05, 3.63) is 0 Å². The quantitative estimate of drug-likeness (QED) is 0.0662. The number of hydrogen-bond acceptors (Lipinski definition) is 3. The molecule has 0 aromatic rings. The van der Waals surface area contributed by atoms with Crippen molar-refractivity contribution < 1.29 is 0 Å². The van der Waals surface area contributed by atoms with Crippen LogP contribution in [0, 0.1) is 17.8 Å². The Balaban J connectivity index is 4.13. The SMILES string of the molecule is CC(CCC(CCCCCCCCS)CCCCCCCCCCCCS)CC(C)CC(C)(C)S. The van der Waals surface area contributed by atoms with Crippen LogP contribution < -0.4 is 0 Å². The van der Waals surface area contributed by atoms with Gasteiger partial charge < -0.3 is 0 Å². The molecule has 0 fully saturated rings. The van der Waals surface area contributed by atoms with Crippen molar-refractivity contribution in [1.29, 1.82) is 0 Å². The molecule has 0 N–H and O–H groups in total. The highest BCUT2D eigenvalue weighted by atomic mass is 32.1. The molecular formula is C32H66S3. The van der Waals surface area contributed by atoms with Crippen LogP contribution in [-0.4, -0.2) is 16.3 Å². The Kier molecular flexibility index (Phi) is 26.1. The predicted octanol–water partition coefficient (Wildman–Crippen LogP) is 12.0. The maximum absolute atomic E-state index is 4.76. The molecule has 0 aromatic carbocycles. The fourth-order valence-electron chi connectivity index (χ4n) is 5.91. The van der Waals surface area contributed by atoms with Crippen LogP contribution in [0.5, 0.6) is 0 Å². The molecule has 0 aliphatic rings. The molecular weight excluding hydrogens is 481 g/mol. The predicted molar refractivity (Wildman–Crippen MR) is 174 cm³/mol. The van der Waals surface area contributed by atoms with Crippen molar-refractivity contribution in [2.75, 3.05) is 11.5 Å². The van der Waals surface area contributed by atoms with Crippen LogP contribution in [0.4, 0.5) is 0 Å². The topological polar surface area (TPSA) is 0 Å². The van der Waals surface area contributed by atoms with E-state index < -0.39 is 0 Å². The Morgan fingerprint density at radius 3 is 1.23 bits per heavy atom. The van der Waals surface area contributed by atoms with E-state index >= 15 is 0 Å². The molecule has 212 valence electrons. The van der Waals surface area contributed by atoms with Crippen molar-refractivity contribution in [2.45, 2.75) is 174 Å². The van der Waals surface area contributed by atoms with E-state index in [0.29, 0.717) is 0 Å². The summed E-state index contributed by atoms with van der Waals surface area (Å²) in [5, 5.41) is 0.